The first-order valence-corrected chi connectivity index (χ1v) is 12.0. The van der Waals surface area contributed by atoms with E-state index < -0.39 is 5.97 Å². The molecule has 1 saturated heterocycles. The molecule has 1 atom stereocenters. The van der Waals surface area contributed by atoms with Gasteiger partial charge in [0.15, 0.2) is 5.65 Å². The molecule has 9 nitrogen and oxygen atoms in total. The van der Waals surface area contributed by atoms with Crippen LogP contribution < -0.4 is 10.2 Å². The minimum absolute atomic E-state index is 0.168. The number of carboxylic acid groups (broad SMARTS) is 1. The third-order valence-corrected chi connectivity index (χ3v) is 6.49. The van der Waals surface area contributed by atoms with Crippen LogP contribution in [0.1, 0.15) is 38.2 Å². The van der Waals surface area contributed by atoms with Crippen LogP contribution in [0.4, 0.5) is 11.6 Å². The van der Waals surface area contributed by atoms with Gasteiger partial charge in [0.1, 0.15) is 11.6 Å². The monoisotopic (exact) mass is 466 g/mol. The summed E-state index contributed by atoms with van der Waals surface area (Å²) in [6, 6.07) is 2.33. The minimum Gasteiger partial charge on any atom is -0.478 e. The molecule has 2 aromatic heterocycles. The molecule has 0 aromatic carbocycles. The first-order chi connectivity index (χ1) is 16.5. The molecule has 4 heterocycles. The summed E-state index contributed by atoms with van der Waals surface area (Å²) in [5, 5.41) is 26.8. The second-order valence-electron chi connectivity index (χ2n) is 8.91. The Morgan fingerprint density at radius 2 is 2.21 bits per heavy atom. The Kier molecular flexibility index (Phi) is 7.52. The first-order valence-electron chi connectivity index (χ1n) is 12.0. The van der Waals surface area contributed by atoms with Crippen LogP contribution in [0.15, 0.2) is 48.3 Å². The summed E-state index contributed by atoms with van der Waals surface area (Å²) < 4.78 is 1.85. The second-order valence-corrected chi connectivity index (χ2v) is 8.91. The van der Waals surface area contributed by atoms with E-state index in [4.69, 9.17) is 10.1 Å². The van der Waals surface area contributed by atoms with Gasteiger partial charge in [0.05, 0.1) is 6.20 Å². The van der Waals surface area contributed by atoms with Gasteiger partial charge in [0.2, 0.25) is 0 Å². The van der Waals surface area contributed by atoms with Crippen LogP contribution in [0.3, 0.4) is 0 Å². The number of aliphatic carboxylic acids is 1. The fourth-order valence-electron chi connectivity index (χ4n) is 4.66. The smallest absolute Gasteiger partial charge is 0.332 e. The molecule has 0 spiro atoms. The van der Waals surface area contributed by atoms with Crippen molar-refractivity contribution in [2.45, 2.75) is 45.1 Å². The Morgan fingerprint density at radius 1 is 1.35 bits per heavy atom. The van der Waals surface area contributed by atoms with Gasteiger partial charge in [-0.25, -0.2) is 9.78 Å². The molecule has 2 aromatic rings. The normalized spacial score (nSPS) is 18.3. The molecular weight excluding hydrogens is 432 g/mol. The standard InChI is InChI=1S/C25H34N6O3/c1-3-20-15-27-31-22(26-14-19-7-6-10-29(17-19)16-18(2)25(33)34)13-23(28-24(20)31)30-11-5-4-8-21(30)9-12-32/h6-7,13,15,17,21,26,32H,2-5,8-12,14,16H2,1H3,(H,33,34)/t21-/m0/s1. The van der Waals surface area contributed by atoms with E-state index in [0.29, 0.717) is 13.1 Å². The molecule has 0 unspecified atom stereocenters. The number of aliphatic hydroxyl groups is 1. The Morgan fingerprint density at radius 3 is 2.97 bits per heavy atom. The van der Waals surface area contributed by atoms with Gasteiger partial charge < -0.3 is 25.3 Å². The molecule has 0 saturated carbocycles. The summed E-state index contributed by atoms with van der Waals surface area (Å²) in [6.45, 7) is 8.34. The number of nitrogens with zero attached hydrogens (tertiary/aromatic N) is 5. The van der Waals surface area contributed by atoms with Crippen molar-refractivity contribution in [1.82, 2.24) is 19.5 Å². The molecule has 9 heteroatoms. The van der Waals surface area contributed by atoms with Crippen molar-refractivity contribution in [3.8, 4) is 0 Å². The van der Waals surface area contributed by atoms with Crippen LogP contribution in [-0.4, -0.2) is 74.5 Å². The van der Waals surface area contributed by atoms with Crippen molar-refractivity contribution in [1.29, 1.82) is 0 Å². The lowest BCUT2D eigenvalue weighted by molar-refractivity contribution is -0.132. The average Bonchev–Trinajstić information content (AvgIpc) is 3.26. The number of carbonyl (C=O) groups is 1. The third kappa shape index (κ3) is 5.25. The van der Waals surface area contributed by atoms with Crippen LogP contribution in [0.2, 0.25) is 0 Å². The fourth-order valence-corrected chi connectivity index (χ4v) is 4.66. The third-order valence-electron chi connectivity index (χ3n) is 6.49. The van der Waals surface area contributed by atoms with E-state index in [1.165, 1.54) is 6.42 Å². The van der Waals surface area contributed by atoms with E-state index in [2.05, 4.69) is 34.9 Å². The molecule has 2 aliphatic heterocycles. The van der Waals surface area contributed by atoms with Crippen LogP contribution in [0, 0.1) is 0 Å². The van der Waals surface area contributed by atoms with E-state index in [1.807, 2.05) is 34.0 Å². The molecule has 0 radical (unpaired) electrons. The Bertz CT molecular complexity index is 1100. The number of carboxylic acids is 1. The highest BCUT2D eigenvalue weighted by atomic mass is 16.4. The maximum absolute atomic E-state index is 11.1. The van der Waals surface area contributed by atoms with Gasteiger partial charge in [-0.2, -0.15) is 9.61 Å². The number of aryl methyl sites for hydroxylation is 1. The Hall–Kier alpha value is -3.33. The lowest BCUT2D eigenvalue weighted by Gasteiger charge is -2.36. The van der Waals surface area contributed by atoms with Crippen LogP contribution in [0.25, 0.3) is 5.65 Å². The van der Waals surface area contributed by atoms with Gasteiger partial charge in [-0.3, -0.25) is 0 Å². The molecule has 34 heavy (non-hydrogen) atoms. The zero-order valence-corrected chi connectivity index (χ0v) is 19.8. The Labute approximate surface area is 200 Å². The Balaban J connectivity index is 1.58. The zero-order chi connectivity index (χ0) is 24.1. The number of rotatable bonds is 10. The zero-order valence-electron chi connectivity index (χ0n) is 19.8. The van der Waals surface area contributed by atoms with Crippen molar-refractivity contribution in [2.75, 3.05) is 43.0 Å². The summed E-state index contributed by atoms with van der Waals surface area (Å²) >= 11 is 0. The van der Waals surface area contributed by atoms with Crippen molar-refractivity contribution < 1.29 is 15.0 Å². The first kappa shape index (κ1) is 23.8. The summed E-state index contributed by atoms with van der Waals surface area (Å²) in [5.74, 6) is 0.794. The van der Waals surface area contributed by atoms with E-state index in [-0.39, 0.29) is 24.8 Å². The van der Waals surface area contributed by atoms with Gasteiger partial charge in [0, 0.05) is 62.2 Å². The average molecular weight is 467 g/mol. The highest BCUT2D eigenvalue weighted by Crippen LogP contribution is 2.29. The maximum atomic E-state index is 11.1. The van der Waals surface area contributed by atoms with Crippen molar-refractivity contribution in [2.24, 2.45) is 0 Å². The van der Waals surface area contributed by atoms with Crippen LogP contribution in [-0.2, 0) is 11.2 Å². The number of anilines is 2. The number of nitrogens with one attached hydrogen (secondary N) is 1. The molecule has 0 aliphatic carbocycles. The number of hydrogen-bond donors (Lipinski definition) is 3. The summed E-state index contributed by atoms with van der Waals surface area (Å²) in [7, 11) is 0. The molecule has 1 fully saturated rings. The highest BCUT2D eigenvalue weighted by molar-refractivity contribution is 5.86. The van der Waals surface area contributed by atoms with E-state index >= 15 is 0 Å². The van der Waals surface area contributed by atoms with Gasteiger partial charge >= 0.3 is 5.97 Å². The molecule has 3 N–H and O–H groups in total. The lowest BCUT2D eigenvalue weighted by atomic mass is 9.99. The molecule has 2 aliphatic rings. The summed E-state index contributed by atoms with van der Waals surface area (Å²) in [4.78, 5) is 20.4. The number of piperidine rings is 1. The molecule has 0 amide bonds. The van der Waals surface area contributed by atoms with Gasteiger partial charge in [-0.1, -0.05) is 25.7 Å². The summed E-state index contributed by atoms with van der Waals surface area (Å²) in [6.07, 6.45) is 12.9. The van der Waals surface area contributed by atoms with Crippen molar-refractivity contribution in [3.63, 3.8) is 0 Å². The van der Waals surface area contributed by atoms with E-state index in [9.17, 15) is 9.90 Å². The molecule has 182 valence electrons. The van der Waals surface area contributed by atoms with Crippen molar-refractivity contribution >= 4 is 23.3 Å². The highest BCUT2D eigenvalue weighted by Gasteiger charge is 2.25. The van der Waals surface area contributed by atoms with Crippen molar-refractivity contribution in [3.05, 3.63) is 53.9 Å². The largest absolute Gasteiger partial charge is 0.478 e. The number of fused-ring (bicyclic) bond motifs is 1. The van der Waals surface area contributed by atoms with E-state index in [0.717, 1.165) is 60.6 Å². The minimum atomic E-state index is -0.975. The molecule has 4 rings (SSSR count). The van der Waals surface area contributed by atoms with Gasteiger partial charge in [-0.05, 0) is 37.7 Å². The molecular formula is C25H34N6O3. The van der Waals surface area contributed by atoms with Crippen LogP contribution in [0.5, 0.6) is 0 Å². The van der Waals surface area contributed by atoms with Crippen LogP contribution >= 0.6 is 0 Å². The quantitative estimate of drug-likeness (QED) is 0.459. The predicted molar refractivity (Wildman–Crippen MR) is 133 cm³/mol. The SMILES string of the molecule is C=C(CN1C=C(CNc2cc(N3CCCC[C@H]3CCO)nc3c(CC)cnn23)C=CC1)C(=O)O. The van der Waals surface area contributed by atoms with E-state index in [1.54, 1.807) is 0 Å². The fraction of sp³-hybridized carbons (Fsp3) is 0.480. The lowest BCUT2D eigenvalue weighted by Crippen LogP contribution is -2.40. The molecule has 0 bridgehead atoms. The maximum Gasteiger partial charge on any atom is 0.332 e. The number of hydrogen-bond acceptors (Lipinski definition) is 7. The predicted octanol–water partition coefficient (Wildman–Crippen LogP) is 2.84. The summed E-state index contributed by atoms with van der Waals surface area (Å²) in [5.41, 5.74) is 3.15. The number of aliphatic hydroxyl groups excluding tert-OH is 1. The topological polar surface area (TPSA) is 106 Å². The van der Waals surface area contributed by atoms with Gasteiger partial charge in [-0.15, -0.1) is 0 Å². The second kappa shape index (κ2) is 10.7. The number of aromatic nitrogens is 3. The van der Waals surface area contributed by atoms with Gasteiger partial charge in [0.25, 0.3) is 0 Å².